The van der Waals surface area contributed by atoms with Gasteiger partial charge in [-0.05, 0) is 67.8 Å². The number of nitrogens with one attached hydrogen (secondary N) is 1. The Kier molecular flexibility index (Phi) is 9.82. The molecule has 0 bridgehead atoms. The van der Waals surface area contributed by atoms with Crippen molar-refractivity contribution < 1.29 is 18.0 Å². The van der Waals surface area contributed by atoms with E-state index in [2.05, 4.69) is 5.32 Å². The molecule has 1 N–H and O–H groups in total. The van der Waals surface area contributed by atoms with E-state index in [4.69, 9.17) is 23.2 Å². The lowest BCUT2D eigenvalue weighted by Gasteiger charge is -2.33. The number of likely N-dealkylation sites (N-methyl/N-ethyl adjacent to an activating group) is 1. The molecule has 0 aliphatic rings. The zero-order valence-corrected chi connectivity index (χ0v) is 24.1. The molecule has 0 spiro atoms. The monoisotopic (exact) mass is 575 g/mol. The van der Waals surface area contributed by atoms with E-state index in [1.807, 2.05) is 19.9 Å². The third-order valence-electron chi connectivity index (χ3n) is 6.41. The quantitative estimate of drug-likeness (QED) is 0.352. The van der Waals surface area contributed by atoms with E-state index in [9.17, 15) is 18.0 Å². The third kappa shape index (κ3) is 6.49. The number of sulfonamides is 1. The average Bonchev–Trinajstić information content (AvgIpc) is 2.90. The first-order valence-corrected chi connectivity index (χ1v) is 14.3. The van der Waals surface area contributed by atoms with E-state index in [-0.39, 0.29) is 17.3 Å². The highest BCUT2D eigenvalue weighted by atomic mass is 35.5. The fourth-order valence-corrected chi connectivity index (χ4v) is 6.01. The second-order valence-electron chi connectivity index (χ2n) is 8.85. The molecule has 1 atom stereocenters. The maximum Gasteiger partial charge on any atom is 0.264 e. The van der Waals surface area contributed by atoms with Gasteiger partial charge in [-0.3, -0.25) is 13.9 Å². The SMILES string of the molecule is CC[C@@H](C(=O)NC)N(Cc1c(Cl)cccc1Cl)C(=O)CN(c1ccc(C)c(C)c1)S(=O)(=O)c1ccccc1. The van der Waals surface area contributed by atoms with Gasteiger partial charge in [0, 0.05) is 29.2 Å². The van der Waals surface area contributed by atoms with Crippen LogP contribution in [-0.2, 0) is 26.2 Å². The summed E-state index contributed by atoms with van der Waals surface area (Å²) in [5.41, 5.74) is 2.67. The number of benzene rings is 3. The Labute approximate surface area is 234 Å². The lowest BCUT2D eigenvalue weighted by Crippen LogP contribution is -2.51. The molecule has 202 valence electrons. The van der Waals surface area contributed by atoms with E-state index in [1.54, 1.807) is 55.5 Å². The zero-order chi connectivity index (χ0) is 28.0. The molecule has 3 aromatic carbocycles. The van der Waals surface area contributed by atoms with Gasteiger partial charge in [0.2, 0.25) is 11.8 Å². The Morgan fingerprint density at radius 2 is 1.55 bits per heavy atom. The van der Waals surface area contributed by atoms with Crippen LogP contribution in [0.1, 0.15) is 30.0 Å². The number of carbonyl (C=O) groups is 2. The normalized spacial score (nSPS) is 12.1. The average molecular weight is 577 g/mol. The van der Waals surface area contributed by atoms with Gasteiger partial charge in [-0.1, -0.05) is 60.5 Å². The van der Waals surface area contributed by atoms with Gasteiger partial charge in [-0.15, -0.1) is 0 Å². The van der Waals surface area contributed by atoms with Crippen LogP contribution >= 0.6 is 23.2 Å². The van der Waals surface area contributed by atoms with Crippen LogP contribution in [0, 0.1) is 13.8 Å². The van der Waals surface area contributed by atoms with E-state index in [0.717, 1.165) is 15.4 Å². The highest BCUT2D eigenvalue weighted by molar-refractivity contribution is 7.92. The van der Waals surface area contributed by atoms with Crippen LogP contribution in [0.5, 0.6) is 0 Å². The van der Waals surface area contributed by atoms with Crippen molar-refractivity contribution >= 4 is 50.7 Å². The lowest BCUT2D eigenvalue weighted by atomic mass is 10.1. The van der Waals surface area contributed by atoms with Gasteiger partial charge in [0.15, 0.2) is 0 Å². The van der Waals surface area contributed by atoms with Crippen molar-refractivity contribution in [1.29, 1.82) is 0 Å². The summed E-state index contributed by atoms with van der Waals surface area (Å²) in [6.45, 7) is 4.96. The number of anilines is 1. The van der Waals surface area contributed by atoms with Crippen LogP contribution in [0.15, 0.2) is 71.6 Å². The predicted octanol–water partition coefficient (Wildman–Crippen LogP) is 5.36. The largest absolute Gasteiger partial charge is 0.357 e. The Morgan fingerprint density at radius 1 is 0.921 bits per heavy atom. The summed E-state index contributed by atoms with van der Waals surface area (Å²) in [4.78, 5) is 28.1. The van der Waals surface area contributed by atoms with Crippen molar-refractivity contribution in [2.45, 2.75) is 44.7 Å². The summed E-state index contributed by atoms with van der Waals surface area (Å²) in [5.74, 6) is -0.957. The van der Waals surface area contributed by atoms with Crippen molar-refractivity contribution in [3.05, 3.63) is 93.5 Å². The van der Waals surface area contributed by atoms with Crippen molar-refractivity contribution in [1.82, 2.24) is 10.2 Å². The van der Waals surface area contributed by atoms with Gasteiger partial charge in [-0.25, -0.2) is 8.42 Å². The first kappa shape index (κ1) is 29.5. The number of aryl methyl sites for hydroxylation is 2. The molecule has 7 nitrogen and oxygen atoms in total. The number of nitrogens with zero attached hydrogens (tertiary/aromatic N) is 2. The highest BCUT2D eigenvalue weighted by Gasteiger charge is 2.34. The molecule has 0 unspecified atom stereocenters. The molecule has 3 aromatic rings. The van der Waals surface area contributed by atoms with Crippen LogP contribution in [-0.4, -0.2) is 44.8 Å². The molecule has 0 heterocycles. The van der Waals surface area contributed by atoms with E-state index >= 15 is 0 Å². The van der Waals surface area contributed by atoms with Crippen LogP contribution < -0.4 is 9.62 Å². The molecule has 0 fully saturated rings. The maximum atomic E-state index is 14.0. The minimum absolute atomic E-state index is 0.0464. The van der Waals surface area contributed by atoms with Crippen molar-refractivity contribution in [2.24, 2.45) is 0 Å². The smallest absolute Gasteiger partial charge is 0.264 e. The first-order valence-electron chi connectivity index (χ1n) is 12.1. The molecule has 2 amide bonds. The summed E-state index contributed by atoms with van der Waals surface area (Å²) in [6.07, 6.45) is 0.294. The second kappa shape index (κ2) is 12.7. The fraction of sp³-hybridized carbons (Fsp3) is 0.286. The molecule has 0 aliphatic carbocycles. The molecule has 3 rings (SSSR count). The van der Waals surface area contributed by atoms with Gasteiger partial charge < -0.3 is 10.2 Å². The minimum Gasteiger partial charge on any atom is -0.357 e. The zero-order valence-electron chi connectivity index (χ0n) is 21.7. The van der Waals surface area contributed by atoms with Gasteiger partial charge in [0.25, 0.3) is 10.0 Å². The van der Waals surface area contributed by atoms with E-state index in [0.29, 0.717) is 27.7 Å². The van der Waals surface area contributed by atoms with E-state index in [1.165, 1.54) is 24.1 Å². The molecule has 38 heavy (non-hydrogen) atoms. The Morgan fingerprint density at radius 3 is 2.11 bits per heavy atom. The molecule has 0 aliphatic heterocycles. The van der Waals surface area contributed by atoms with Gasteiger partial charge in [0.05, 0.1) is 10.6 Å². The number of hydrogen-bond acceptors (Lipinski definition) is 4. The summed E-state index contributed by atoms with van der Waals surface area (Å²) in [7, 11) is -2.64. The van der Waals surface area contributed by atoms with Crippen LogP contribution in [0.25, 0.3) is 0 Å². The number of hydrogen-bond donors (Lipinski definition) is 1. The number of amides is 2. The minimum atomic E-state index is -4.13. The van der Waals surface area contributed by atoms with Crippen LogP contribution in [0.3, 0.4) is 0 Å². The molecule has 10 heteroatoms. The van der Waals surface area contributed by atoms with E-state index < -0.39 is 28.5 Å². The standard InChI is InChI=1S/C28H31Cl2N3O4S/c1-5-26(28(35)31-4)32(17-23-24(29)12-9-13-25(23)30)27(34)18-33(21-15-14-19(2)20(3)16-21)38(36,37)22-10-7-6-8-11-22/h6-16,26H,5,17-18H2,1-4H3,(H,31,35)/t26-/m0/s1. The van der Waals surface area contributed by atoms with Crippen molar-refractivity contribution in [2.75, 3.05) is 17.9 Å². The molecular weight excluding hydrogens is 545 g/mol. The summed E-state index contributed by atoms with van der Waals surface area (Å²) in [5, 5.41) is 3.27. The lowest BCUT2D eigenvalue weighted by molar-refractivity contribution is -0.140. The molecular formula is C28H31Cl2N3O4S. The van der Waals surface area contributed by atoms with Gasteiger partial charge >= 0.3 is 0 Å². The third-order valence-corrected chi connectivity index (χ3v) is 8.91. The molecule has 0 saturated heterocycles. The van der Waals surface area contributed by atoms with Crippen molar-refractivity contribution in [3.63, 3.8) is 0 Å². The topological polar surface area (TPSA) is 86.8 Å². The number of rotatable bonds is 10. The highest BCUT2D eigenvalue weighted by Crippen LogP contribution is 2.29. The molecule has 0 aromatic heterocycles. The molecule has 0 radical (unpaired) electrons. The van der Waals surface area contributed by atoms with Crippen LogP contribution in [0.4, 0.5) is 5.69 Å². The summed E-state index contributed by atoms with van der Waals surface area (Å²) >= 11 is 12.8. The maximum absolute atomic E-state index is 14.0. The Hall–Kier alpha value is -3.07. The number of carbonyl (C=O) groups excluding carboxylic acids is 2. The number of halogens is 2. The fourth-order valence-electron chi connectivity index (χ4n) is 4.07. The Bertz CT molecular complexity index is 1390. The predicted molar refractivity (Wildman–Crippen MR) is 152 cm³/mol. The Balaban J connectivity index is 2.11. The van der Waals surface area contributed by atoms with Crippen LogP contribution in [0.2, 0.25) is 10.0 Å². The first-order chi connectivity index (χ1) is 18.0. The van der Waals surface area contributed by atoms with Crippen molar-refractivity contribution in [3.8, 4) is 0 Å². The van der Waals surface area contributed by atoms with Gasteiger partial charge in [0.1, 0.15) is 12.6 Å². The summed E-state index contributed by atoms with van der Waals surface area (Å²) < 4.78 is 28.7. The second-order valence-corrected chi connectivity index (χ2v) is 11.5. The molecule has 0 saturated carbocycles. The van der Waals surface area contributed by atoms with Gasteiger partial charge in [-0.2, -0.15) is 0 Å². The summed E-state index contributed by atoms with van der Waals surface area (Å²) in [6, 6.07) is 17.2.